The minimum atomic E-state index is -0.937. The van der Waals surface area contributed by atoms with Crippen LogP contribution in [0.2, 0.25) is 0 Å². The summed E-state index contributed by atoms with van der Waals surface area (Å²) in [5.74, 6) is -4.58. The summed E-state index contributed by atoms with van der Waals surface area (Å²) in [6.45, 7) is 20.0. The van der Waals surface area contributed by atoms with Gasteiger partial charge >= 0.3 is 5.69 Å². The first kappa shape index (κ1) is 59.8. The van der Waals surface area contributed by atoms with Crippen LogP contribution in [0.25, 0.3) is 38.4 Å². The molecule has 18 nitrogen and oxygen atoms in total. The molecule has 1 aliphatic carbocycles. The minimum absolute atomic E-state index is 0.0165. The summed E-state index contributed by atoms with van der Waals surface area (Å²) in [5.41, 5.74) is 2.62. The third-order valence-electron chi connectivity index (χ3n) is 14.8. The molecule has 3 N–H and O–H groups in total. The van der Waals surface area contributed by atoms with Crippen LogP contribution >= 0.6 is 11.5 Å². The van der Waals surface area contributed by atoms with E-state index in [4.69, 9.17) is 19.2 Å². The van der Waals surface area contributed by atoms with E-state index in [0.29, 0.717) is 30.0 Å². The van der Waals surface area contributed by atoms with E-state index in [1.54, 1.807) is 17.2 Å². The van der Waals surface area contributed by atoms with E-state index in [1.165, 1.54) is 40.4 Å². The molecule has 21 heteroatoms. The molecule has 0 spiro atoms. The maximum Gasteiger partial charge on any atom is 0.355 e. The summed E-state index contributed by atoms with van der Waals surface area (Å²) in [6, 6.07) is 13.6. The maximum atomic E-state index is 16.8. The Morgan fingerprint density at radius 3 is 2.32 bits per heavy atom. The van der Waals surface area contributed by atoms with Crippen molar-refractivity contribution in [3.63, 3.8) is 0 Å². The van der Waals surface area contributed by atoms with Crippen LogP contribution in [0.3, 0.4) is 0 Å². The van der Waals surface area contributed by atoms with Crippen LogP contribution < -0.4 is 26.0 Å². The van der Waals surface area contributed by atoms with Crippen molar-refractivity contribution in [1.29, 1.82) is 0 Å². The van der Waals surface area contributed by atoms with Crippen molar-refractivity contribution in [1.82, 2.24) is 39.4 Å². The molecule has 2 aliphatic rings. The molecule has 0 bridgehead atoms. The maximum absolute atomic E-state index is 16.8. The molecule has 5 atom stereocenters. The Balaban J connectivity index is 0.865. The molecule has 1 aliphatic heterocycles. The Morgan fingerprint density at radius 1 is 0.926 bits per heavy atom. The zero-order valence-electron chi connectivity index (χ0n) is 47.1. The number of aliphatic hydroxyl groups excluding tert-OH is 1. The molecule has 1 unspecified atom stereocenters. The standard InChI is InChI=1S/C60H71F2N9O9S/c1-10-48(74)69-21-22-70(37(6)33-69)56-43-30-45(62)51(67-57(43)71(59(77)68-56)52-35(4)18-20-63-50(52)34(2)3)49-44(61)12-11-13-46(49)80-27-26-79-25-24-78-23-19-47(73)66-55(60(7,8)9)53(75)41-28-40(72)29-42(41)58(76)64-32-38-14-16-39(17-15-38)54-36(5)31-65-81-54/h10-18,20,30-31,34,37,40-42,55,72H,1,19,21-29,32-33H2,2-9H3,(H,64,76)(H,66,73)/t37-,40-,41?,42+,55+/m0/s1. The molecule has 6 aromatic rings. The number of hydrogen-bond donors (Lipinski definition) is 3. The molecule has 2 aromatic carbocycles. The molecule has 2 fully saturated rings. The van der Waals surface area contributed by atoms with Gasteiger partial charge in [-0.3, -0.25) is 24.2 Å². The Bertz CT molecular complexity index is 3350. The third kappa shape index (κ3) is 13.7. The SMILES string of the molecule is C=CC(=O)N1CCN(c2nc(=O)n(-c3c(C)ccnc3C(C)C)c3nc(-c4c(F)cccc4OCCOCCOCCC(=O)N[C@H](C(=O)C4C[C@H](O)C[C@H]4C(=O)NCc4ccc(-c5sncc5C)cc4)C(C)(C)C)c(F)cc23)[C@@H](C)C1. The van der Waals surface area contributed by atoms with Gasteiger partial charge in [0.1, 0.15) is 29.7 Å². The van der Waals surface area contributed by atoms with Crippen molar-refractivity contribution in [3.8, 4) is 33.1 Å². The van der Waals surface area contributed by atoms with Crippen molar-refractivity contribution in [2.24, 2.45) is 17.3 Å². The summed E-state index contributed by atoms with van der Waals surface area (Å²) in [7, 11) is 0. The summed E-state index contributed by atoms with van der Waals surface area (Å²) >= 11 is 1.42. The van der Waals surface area contributed by atoms with Crippen LogP contribution in [0.15, 0.2) is 84.4 Å². The number of carbonyl (C=O) groups excluding carboxylic acids is 4. The molecule has 5 heterocycles. The second-order valence-corrected chi connectivity index (χ2v) is 22.9. The lowest BCUT2D eigenvalue weighted by atomic mass is 9.77. The largest absolute Gasteiger partial charge is 0.490 e. The predicted octanol–water partition coefficient (Wildman–Crippen LogP) is 7.81. The number of aromatic nitrogens is 5. The quantitative estimate of drug-likeness (QED) is 0.0436. The number of anilines is 1. The average Bonchev–Trinajstić information content (AvgIpc) is 4.12. The highest BCUT2D eigenvalue weighted by molar-refractivity contribution is 7.09. The first-order chi connectivity index (χ1) is 38.7. The van der Waals surface area contributed by atoms with Crippen molar-refractivity contribution < 1.29 is 47.3 Å². The number of aryl methyl sites for hydroxylation is 2. The van der Waals surface area contributed by atoms with Gasteiger partial charge in [-0.2, -0.15) is 4.98 Å². The molecule has 0 radical (unpaired) electrons. The Labute approximate surface area is 474 Å². The van der Waals surface area contributed by atoms with E-state index < -0.39 is 58.3 Å². The molecular weight excluding hydrogens is 1060 g/mol. The zero-order chi connectivity index (χ0) is 58.3. The van der Waals surface area contributed by atoms with Crippen molar-refractivity contribution in [2.75, 3.05) is 57.6 Å². The number of piperazine rings is 1. The van der Waals surface area contributed by atoms with Gasteiger partial charge in [-0.25, -0.2) is 27.5 Å². The molecule has 4 aromatic heterocycles. The normalized spacial score (nSPS) is 17.8. The van der Waals surface area contributed by atoms with E-state index in [9.17, 15) is 29.1 Å². The summed E-state index contributed by atoms with van der Waals surface area (Å²) < 4.78 is 55.8. The van der Waals surface area contributed by atoms with Gasteiger partial charge in [-0.15, -0.1) is 0 Å². The Morgan fingerprint density at radius 2 is 1.64 bits per heavy atom. The Hall–Kier alpha value is -7.33. The van der Waals surface area contributed by atoms with Gasteiger partial charge in [0.25, 0.3) is 0 Å². The number of halogens is 2. The van der Waals surface area contributed by atoms with Crippen LogP contribution in [0.4, 0.5) is 14.6 Å². The number of hydrogen-bond acceptors (Lipinski definition) is 15. The number of benzene rings is 2. The minimum Gasteiger partial charge on any atom is -0.490 e. The number of pyridine rings is 2. The summed E-state index contributed by atoms with van der Waals surface area (Å²) in [5, 5.41) is 16.7. The smallest absolute Gasteiger partial charge is 0.355 e. The summed E-state index contributed by atoms with van der Waals surface area (Å²) in [6.07, 6.45) is 4.04. The van der Waals surface area contributed by atoms with Gasteiger partial charge in [-0.1, -0.05) is 71.5 Å². The fraction of sp³-hybridized carbons (Fsp3) is 0.450. The number of carbonyl (C=O) groups is 4. The number of Topliss-reactive ketones (excluding diaryl/α,β-unsaturated/α-hetero) is 1. The first-order valence-corrected chi connectivity index (χ1v) is 28.1. The Kier molecular flexibility index (Phi) is 19.2. The molecule has 1 saturated carbocycles. The topological polar surface area (TPSA) is 220 Å². The number of aliphatic hydroxyl groups is 1. The number of ketones is 1. The highest BCUT2D eigenvalue weighted by Crippen LogP contribution is 2.39. The monoisotopic (exact) mass is 1130 g/mol. The zero-order valence-corrected chi connectivity index (χ0v) is 47.9. The molecular formula is C60H71F2N9O9S. The lowest BCUT2D eigenvalue weighted by Crippen LogP contribution is -2.54. The third-order valence-corrected chi connectivity index (χ3v) is 15.7. The number of fused-ring (bicyclic) bond motifs is 1. The first-order valence-electron chi connectivity index (χ1n) is 27.3. The van der Waals surface area contributed by atoms with Crippen LogP contribution in [-0.4, -0.2) is 128 Å². The van der Waals surface area contributed by atoms with Crippen LogP contribution in [0.5, 0.6) is 5.75 Å². The van der Waals surface area contributed by atoms with Crippen molar-refractivity contribution in [2.45, 2.75) is 105 Å². The van der Waals surface area contributed by atoms with Crippen LogP contribution in [0.1, 0.15) is 89.1 Å². The van der Waals surface area contributed by atoms with E-state index in [2.05, 4.69) is 31.6 Å². The predicted molar refractivity (Wildman–Crippen MR) is 305 cm³/mol. The van der Waals surface area contributed by atoms with Gasteiger partial charge in [0, 0.05) is 57.0 Å². The number of amides is 3. The van der Waals surface area contributed by atoms with Gasteiger partial charge in [0.15, 0.2) is 17.2 Å². The lowest BCUT2D eigenvalue weighted by molar-refractivity contribution is -0.137. The van der Waals surface area contributed by atoms with Crippen LogP contribution in [0, 0.1) is 42.7 Å². The van der Waals surface area contributed by atoms with Gasteiger partial charge in [0.2, 0.25) is 17.7 Å². The number of ether oxygens (including phenoxy) is 3. The van der Waals surface area contributed by atoms with E-state index >= 15 is 8.78 Å². The fourth-order valence-electron chi connectivity index (χ4n) is 10.6. The molecule has 1 saturated heterocycles. The molecule has 81 heavy (non-hydrogen) atoms. The van der Waals surface area contributed by atoms with Gasteiger partial charge < -0.3 is 39.8 Å². The number of rotatable bonds is 22. The van der Waals surface area contributed by atoms with Crippen molar-refractivity contribution in [3.05, 3.63) is 124 Å². The lowest BCUT2D eigenvalue weighted by Gasteiger charge is -2.40. The van der Waals surface area contributed by atoms with E-state index in [1.807, 2.05) is 90.8 Å². The highest BCUT2D eigenvalue weighted by Gasteiger charge is 2.47. The summed E-state index contributed by atoms with van der Waals surface area (Å²) in [4.78, 5) is 86.4. The fourth-order valence-corrected chi connectivity index (χ4v) is 11.3. The molecule has 430 valence electrons. The van der Waals surface area contributed by atoms with Gasteiger partial charge in [0.05, 0.1) is 71.7 Å². The van der Waals surface area contributed by atoms with E-state index in [-0.39, 0.29) is 123 Å². The van der Waals surface area contributed by atoms with Crippen molar-refractivity contribution >= 4 is 51.9 Å². The highest BCUT2D eigenvalue weighted by atomic mass is 32.1. The molecule has 3 amide bonds. The van der Waals surface area contributed by atoms with Gasteiger partial charge in [-0.05, 0) is 109 Å². The second kappa shape index (κ2) is 26.1. The number of nitrogens with zero attached hydrogens (tertiary/aromatic N) is 7. The van der Waals surface area contributed by atoms with E-state index in [0.717, 1.165) is 27.6 Å². The average molecular weight is 1130 g/mol. The van der Waals surface area contributed by atoms with Crippen LogP contribution in [-0.2, 0) is 35.2 Å². The molecule has 8 rings (SSSR count). The number of nitrogens with one attached hydrogen (secondary N) is 2. The second-order valence-electron chi connectivity index (χ2n) is 22.1.